The van der Waals surface area contributed by atoms with Crippen molar-refractivity contribution < 1.29 is 18.3 Å². The average Bonchev–Trinajstić information content (AvgIpc) is 2.38. The third-order valence-electron chi connectivity index (χ3n) is 3.10. The molecule has 5 heteroatoms. The minimum atomic E-state index is -4.43. The standard InChI is InChI=1S/C14H20F3NO/c1-3-5-8-18(4-2)12-7-6-11(10-19)13(9-12)14(15,16)17/h6-7,9,19H,3-5,8,10H2,1-2H3. The molecular formula is C14H20F3NO. The molecule has 1 aromatic carbocycles. The highest BCUT2D eigenvalue weighted by Crippen LogP contribution is 2.34. The first kappa shape index (κ1) is 15.8. The van der Waals surface area contributed by atoms with Crippen LogP contribution in [0, 0.1) is 0 Å². The molecule has 2 nitrogen and oxygen atoms in total. The third kappa shape index (κ3) is 4.13. The second-order valence-corrected chi connectivity index (χ2v) is 4.43. The van der Waals surface area contributed by atoms with Gasteiger partial charge >= 0.3 is 6.18 Å². The zero-order chi connectivity index (χ0) is 14.5. The summed E-state index contributed by atoms with van der Waals surface area (Å²) < 4.78 is 38.7. The number of hydrogen-bond donors (Lipinski definition) is 1. The molecule has 0 heterocycles. The fourth-order valence-electron chi connectivity index (χ4n) is 1.98. The van der Waals surface area contributed by atoms with Crippen LogP contribution in [-0.2, 0) is 12.8 Å². The van der Waals surface area contributed by atoms with Gasteiger partial charge in [0.1, 0.15) is 0 Å². The van der Waals surface area contributed by atoms with Crippen molar-refractivity contribution in [3.05, 3.63) is 29.3 Å². The molecule has 0 atom stereocenters. The van der Waals surface area contributed by atoms with Crippen LogP contribution >= 0.6 is 0 Å². The summed E-state index contributed by atoms with van der Waals surface area (Å²) in [5.41, 5.74) is -0.272. The highest BCUT2D eigenvalue weighted by molar-refractivity contribution is 5.51. The number of hydrogen-bond acceptors (Lipinski definition) is 2. The smallest absolute Gasteiger partial charge is 0.392 e. The zero-order valence-corrected chi connectivity index (χ0v) is 11.3. The zero-order valence-electron chi connectivity index (χ0n) is 11.3. The van der Waals surface area contributed by atoms with Crippen molar-refractivity contribution >= 4 is 5.69 Å². The van der Waals surface area contributed by atoms with Crippen molar-refractivity contribution in [3.8, 4) is 0 Å². The molecule has 0 aliphatic carbocycles. The SMILES string of the molecule is CCCCN(CC)c1ccc(CO)c(C(F)(F)F)c1. The maximum absolute atomic E-state index is 12.9. The minimum Gasteiger partial charge on any atom is -0.392 e. The fraction of sp³-hybridized carbons (Fsp3) is 0.571. The van der Waals surface area contributed by atoms with E-state index >= 15 is 0 Å². The lowest BCUT2D eigenvalue weighted by molar-refractivity contribution is -0.138. The average molecular weight is 275 g/mol. The molecule has 1 N–H and O–H groups in total. The molecule has 0 bridgehead atoms. The molecule has 0 spiro atoms. The van der Waals surface area contributed by atoms with E-state index in [0.717, 1.165) is 25.5 Å². The van der Waals surface area contributed by atoms with Gasteiger partial charge in [0, 0.05) is 18.8 Å². The number of unbranched alkanes of at least 4 members (excludes halogenated alkanes) is 1. The summed E-state index contributed by atoms with van der Waals surface area (Å²) in [6.07, 6.45) is -2.49. The minimum absolute atomic E-state index is 0.0807. The van der Waals surface area contributed by atoms with E-state index in [4.69, 9.17) is 5.11 Å². The van der Waals surface area contributed by atoms with Crippen molar-refractivity contribution in [1.82, 2.24) is 0 Å². The van der Waals surface area contributed by atoms with Gasteiger partial charge in [-0.2, -0.15) is 13.2 Å². The second kappa shape index (κ2) is 6.80. The van der Waals surface area contributed by atoms with Gasteiger partial charge in [0.05, 0.1) is 12.2 Å². The van der Waals surface area contributed by atoms with Gasteiger partial charge in [0.2, 0.25) is 0 Å². The lowest BCUT2D eigenvalue weighted by Gasteiger charge is -2.24. The molecule has 108 valence electrons. The summed E-state index contributed by atoms with van der Waals surface area (Å²) in [6, 6.07) is 4.12. The number of alkyl halides is 3. The van der Waals surface area contributed by atoms with Crippen LogP contribution in [-0.4, -0.2) is 18.2 Å². The number of benzene rings is 1. The van der Waals surface area contributed by atoms with Gasteiger partial charge < -0.3 is 10.0 Å². The van der Waals surface area contributed by atoms with Gasteiger partial charge in [-0.05, 0) is 31.0 Å². The summed E-state index contributed by atoms with van der Waals surface area (Å²) in [6.45, 7) is 4.77. The number of aliphatic hydroxyl groups excluding tert-OH is 1. The first-order chi connectivity index (χ1) is 8.93. The van der Waals surface area contributed by atoms with Crippen LogP contribution < -0.4 is 4.90 Å². The second-order valence-electron chi connectivity index (χ2n) is 4.43. The van der Waals surface area contributed by atoms with E-state index in [0.29, 0.717) is 12.2 Å². The van der Waals surface area contributed by atoms with Gasteiger partial charge in [-0.1, -0.05) is 19.4 Å². The van der Waals surface area contributed by atoms with Crippen LogP contribution in [0.25, 0.3) is 0 Å². The van der Waals surface area contributed by atoms with E-state index < -0.39 is 18.3 Å². The monoisotopic (exact) mass is 275 g/mol. The predicted octanol–water partition coefficient (Wildman–Crippen LogP) is 3.82. The van der Waals surface area contributed by atoms with E-state index in [1.54, 1.807) is 6.07 Å². The first-order valence-electron chi connectivity index (χ1n) is 6.50. The molecule has 0 fully saturated rings. The first-order valence-corrected chi connectivity index (χ1v) is 6.50. The highest BCUT2D eigenvalue weighted by Gasteiger charge is 2.33. The Hall–Kier alpha value is -1.23. The van der Waals surface area contributed by atoms with E-state index in [9.17, 15) is 13.2 Å². The Kier molecular flexibility index (Phi) is 5.66. The Morgan fingerprint density at radius 2 is 1.89 bits per heavy atom. The van der Waals surface area contributed by atoms with Gasteiger partial charge in [0.15, 0.2) is 0 Å². The van der Waals surface area contributed by atoms with Gasteiger partial charge in [-0.25, -0.2) is 0 Å². The van der Waals surface area contributed by atoms with Gasteiger partial charge in [0.25, 0.3) is 0 Å². The van der Waals surface area contributed by atoms with Crippen molar-refractivity contribution in [2.45, 2.75) is 39.5 Å². The number of halogens is 3. The molecule has 0 aliphatic rings. The Morgan fingerprint density at radius 1 is 1.21 bits per heavy atom. The van der Waals surface area contributed by atoms with Crippen molar-refractivity contribution in [1.29, 1.82) is 0 Å². The quantitative estimate of drug-likeness (QED) is 0.853. The van der Waals surface area contributed by atoms with Crippen LogP contribution in [0.5, 0.6) is 0 Å². The molecule has 0 unspecified atom stereocenters. The van der Waals surface area contributed by atoms with E-state index in [2.05, 4.69) is 0 Å². The largest absolute Gasteiger partial charge is 0.416 e. The third-order valence-corrected chi connectivity index (χ3v) is 3.10. The molecule has 0 saturated heterocycles. The molecule has 0 amide bonds. The summed E-state index contributed by atoms with van der Waals surface area (Å²) >= 11 is 0. The Balaban J connectivity index is 3.09. The van der Waals surface area contributed by atoms with Crippen LogP contribution in [0.15, 0.2) is 18.2 Å². The van der Waals surface area contributed by atoms with Crippen molar-refractivity contribution in [2.75, 3.05) is 18.0 Å². The number of rotatable bonds is 6. The summed E-state index contributed by atoms with van der Waals surface area (Å²) in [5, 5.41) is 9.00. The lowest BCUT2D eigenvalue weighted by atomic mass is 10.1. The van der Waals surface area contributed by atoms with Crippen LogP contribution in [0.1, 0.15) is 37.8 Å². The Labute approximate surface area is 111 Å². The van der Waals surface area contributed by atoms with E-state index in [1.807, 2.05) is 18.7 Å². The number of anilines is 1. The molecule has 0 aliphatic heterocycles. The number of aliphatic hydroxyl groups is 1. The Bertz CT molecular complexity index is 404. The van der Waals surface area contributed by atoms with Crippen LogP contribution in [0.4, 0.5) is 18.9 Å². The van der Waals surface area contributed by atoms with Gasteiger partial charge in [-0.15, -0.1) is 0 Å². The summed E-state index contributed by atoms with van der Waals surface area (Å²) in [5.74, 6) is 0. The molecule has 1 aromatic rings. The van der Waals surface area contributed by atoms with E-state index in [-0.39, 0.29) is 5.56 Å². The summed E-state index contributed by atoms with van der Waals surface area (Å²) in [7, 11) is 0. The predicted molar refractivity (Wildman–Crippen MR) is 70.2 cm³/mol. The maximum Gasteiger partial charge on any atom is 0.416 e. The Morgan fingerprint density at radius 3 is 2.37 bits per heavy atom. The summed E-state index contributed by atoms with van der Waals surface area (Å²) in [4.78, 5) is 1.92. The molecule has 0 saturated carbocycles. The molecule has 0 aromatic heterocycles. The highest BCUT2D eigenvalue weighted by atomic mass is 19.4. The lowest BCUT2D eigenvalue weighted by Crippen LogP contribution is -2.24. The van der Waals surface area contributed by atoms with Crippen LogP contribution in [0.2, 0.25) is 0 Å². The van der Waals surface area contributed by atoms with Gasteiger partial charge in [-0.3, -0.25) is 0 Å². The van der Waals surface area contributed by atoms with Crippen LogP contribution in [0.3, 0.4) is 0 Å². The molecular weight excluding hydrogens is 255 g/mol. The molecule has 1 rings (SSSR count). The number of nitrogens with zero attached hydrogens (tertiary/aromatic N) is 1. The van der Waals surface area contributed by atoms with Crippen molar-refractivity contribution in [2.24, 2.45) is 0 Å². The fourth-order valence-corrected chi connectivity index (χ4v) is 1.98. The maximum atomic E-state index is 12.9. The van der Waals surface area contributed by atoms with E-state index in [1.165, 1.54) is 6.07 Å². The molecule has 0 radical (unpaired) electrons. The van der Waals surface area contributed by atoms with Crippen molar-refractivity contribution in [3.63, 3.8) is 0 Å². The topological polar surface area (TPSA) is 23.5 Å². The molecule has 19 heavy (non-hydrogen) atoms. The normalized spacial score (nSPS) is 11.7.